The molecule has 2 aromatic carbocycles. The monoisotopic (exact) mass is 340 g/mol. The minimum Gasteiger partial charge on any atom is -0.444 e. The van der Waals surface area contributed by atoms with Crippen LogP contribution in [0.25, 0.3) is 10.8 Å². The number of amides is 1. The van der Waals surface area contributed by atoms with E-state index in [1.54, 1.807) is 0 Å². The first kappa shape index (κ1) is 17.6. The summed E-state index contributed by atoms with van der Waals surface area (Å²) >= 11 is 0. The lowest BCUT2D eigenvalue weighted by Crippen LogP contribution is -2.44. The first-order chi connectivity index (χ1) is 11.9. The van der Waals surface area contributed by atoms with Crippen molar-refractivity contribution in [2.75, 3.05) is 25.0 Å². The molecule has 0 spiro atoms. The van der Waals surface area contributed by atoms with Gasteiger partial charge >= 0.3 is 6.09 Å². The molecule has 1 aliphatic heterocycles. The number of benzene rings is 2. The number of nitrogens with zero attached hydrogens (tertiary/aromatic N) is 1. The van der Waals surface area contributed by atoms with E-state index in [0.717, 1.165) is 38.2 Å². The Morgan fingerprint density at radius 1 is 1.20 bits per heavy atom. The van der Waals surface area contributed by atoms with Gasteiger partial charge in [0.05, 0.1) is 0 Å². The first-order valence-corrected chi connectivity index (χ1v) is 9.12. The Bertz CT molecular complexity index is 731. The third-order valence-electron chi connectivity index (χ3n) is 4.54. The topological polar surface area (TPSA) is 41.6 Å². The van der Waals surface area contributed by atoms with Gasteiger partial charge in [-0.25, -0.2) is 4.79 Å². The van der Waals surface area contributed by atoms with Gasteiger partial charge in [-0.15, -0.1) is 0 Å². The third kappa shape index (κ3) is 4.65. The average Bonchev–Trinajstić information content (AvgIpc) is 2.59. The van der Waals surface area contributed by atoms with Crippen molar-refractivity contribution in [1.29, 1.82) is 0 Å². The molecule has 3 rings (SSSR count). The Kier molecular flexibility index (Phi) is 5.16. The van der Waals surface area contributed by atoms with Crippen molar-refractivity contribution in [2.45, 2.75) is 39.2 Å². The Morgan fingerprint density at radius 3 is 2.76 bits per heavy atom. The third-order valence-corrected chi connectivity index (χ3v) is 4.54. The number of hydrogen-bond donors (Lipinski definition) is 1. The zero-order valence-electron chi connectivity index (χ0n) is 15.4. The Labute approximate surface area is 150 Å². The summed E-state index contributed by atoms with van der Waals surface area (Å²) in [6.07, 6.45) is 1.97. The van der Waals surface area contributed by atoms with Crippen LogP contribution in [-0.2, 0) is 4.74 Å². The number of fused-ring (bicyclic) bond motifs is 1. The molecular formula is C21H28N2O2. The molecule has 1 atom stereocenters. The Morgan fingerprint density at radius 2 is 1.96 bits per heavy atom. The molecule has 1 amide bonds. The van der Waals surface area contributed by atoms with E-state index >= 15 is 0 Å². The number of nitrogens with one attached hydrogen (secondary N) is 1. The minimum atomic E-state index is -0.439. The standard InChI is InChI=1S/C21H28N2O2/c1-21(2,3)25-20(24)23-13-7-8-16(15-23)14-22-19-12-6-10-17-9-4-5-11-18(17)19/h4-6,9-12,16,22H,7-8,13-15H2,1-3H3. The highest BCUT2D eigenvalue weighted by molar-refractivity contribution is 5.93. The van der Waals surface area contributed by atoms with Crippen LogP contribution in [0.2, 0.25) is 0 Å². The zero-order valence-corrected chi connectivity index (χ0v) is 15.4. The van der Waals surface area contributed by atoms with Crippen molar-refractivity contribution in [3.05, 3.63) is 42.5 Å². The smallest absolute Gasteiger partial charge is 0.410 e. The Hall–Kier alpha value is -2.23. The lowest BCUT2D eigenvalue weighted by molar-refractivity contribution is 0.0172. The fraction of sp³-hybridized carbons (Fsp3) is 0.476. The van der Waals surface area contributed by atoms with Crippen LogP contribution in [0.15, 0.2) is 42.5 Å². The summed E-state index contributed by atoms with van der Waals surface area (Å²) in [6.45, 7) is 8.15. The summed E-state index contributed by atoms with van der Waals surface area (Å²) in [5.74, 6) is 0.445. The molecule has 1 heterocycles. The van der Waals surface area contributed by atoms with E-state index in [0.29, 0.717) is 5.92 Å². The molecule has 134 valence electrons. The molecule has 1 N–H and O–H groups in total. The maximum Gasteiger partial charge on any atom is 0.410 e. The molecule has 25 heavy (non-hydrogen) atoms. The van der Waals surface area contributed by atoms with Crippen LogP contribution >= 0.6 is 0 Å². The van der Waals surface area contributed by atoms with Gasteiger partial charge in [0.2, 0.25) is 0 Å². The van der Waals surface area contributed by atoms with Crippen molar-refractivity contribution in [3.8, 4) is 0 Å². The summed E-state index contributed by atoms with van der Waals surface area (Å²) in [5.41, 5.74) is 0.720. The lowest BCUT2D eigenvalue weighted by atomic mass is 9.98. The number of ether oxygens (including phenoxy) is 1. The molecule has 1 aliphatic rings. The Balaban J connectivity index is 1.60. The van der Waals surface area contributed by atoms with Crippen LogP contribution in [0.5, 0.6) is 0 Å². The van der Waals surface area contributed by atoms with Crippen LogP contribution in [0.3, 0.4) is 0 Å². The van der Waals surface area contributed by atoms with E-state index in [9.17, 15) is 4.79 Å². The van der Waals surface area contributed by atoms with Gasteiger partial charge in [0.1, 0.15) is 5.60 Å². The van der Waals surface area contributed by atoms with Crippen molar-refractivity contribution < 1.29 is 9.53 Å². The largest absolute Gasteiger partial charge is 0.444 e. The quantitative estimate of drug-likeness (QED) is 0.864. The van der Waals surface area contributed by atoms with E-state index in [2.05, 4.69) is 47.8 Å². The fourth-order valence-corrected chi connectivity index (χ4v) is 3.36. The highest BCUT2D eigenvalue weighted by Gasteiger charge is 2.27. The lowest BCUT2D eigenvalue weighted by Gasteiger charge is -2.34. The molecule has 1 fully saturated rings. The van der Waals surface area contributed by atoms with Gasteiger partial charge in [-0.1, -0.05) is 36.4 Å². The summed E-state index contributed by atoms with van der Waals surface area (Å²) in [4.78, 5) is 14.1. The van der Waals surface area contributed by atoms with Crippen LogP contribution in [0, 0.1) is 5.92 Å². The summed E-state index contributed by atoms with van der Waals surface area (Å²) in [7, 11) is 0. The number of likely N-dealkylation sites (tertiary alicyclic amines) is 1. The molecule has 2 aromatic rings. The molecule has 0 radical (unpaired) electrons. The number of piperidine rings is 1. The normalized spacial score (nSPS) is 18.2. The minimum absolute atomic E-state index is 0.192. The molecule has 0 bridgehead atoms. The highest BCUT2D eigenvalue weighted by Crippen LogP contribution is 2.25. The zero-order chi connectivity index (χ0) is 17.9. The summed E-state index contributed by atoms with van der Waals surface area (Å²) in [6, 6.07) is 14.7. The van der Waals surface area contributed by atoms with Crippen molar-refractivity contribution in [3.63, 3.8) is 0 Å². The predicted octanol–water partition coefficient (Wildman–Crippen LogP) is 4.90. The van der Waals surface area contributed by atoms with E-state index in [-0.39, 0.29) is 6.09 Å². The molecule has 1 saturated heterocycles. The van der Waals surface area contributed by atoms with Gasteiger partial charge in [0.15, 0.2) is 0 Å². The maximum atomic E-state index is 12.3. The molecule has 1 unspecified atom stereocenters. The summed E-state index contributed by atoms with van der Waals surface area (Å²) in [5, 5.41) is 6.07. The van der Waals surface area contributed by atoms with Crippen LogP contribution < -0.4 is 5.32 Å². The molecule has 0 aromatic heterocycles. The number of carbonyl (C=O) groups excluding carboxylic acids is 1. The van der Waals surface area contributed by atoms with E-state index in [1.165, 1.54) is 10.8 Å². The van der Waals surface area contributed by atoms with Gasteiger partial charge < -0.3 is 15.0 Å². The van der Waals surface area contributed by atoms with E-state index < -0.39 is 5.60 Å². The molecule has 4 nitrogen and oxygen atoms in total. The van der Waals surface area contributed by atoms with E-state index in [4.69, 9.17) is 4.74 Å². The van der Waals surface area contributed by atoms with Gasteiger partial charge in [-0.05, 0) is 51.0 Å². The average molecular weight is 340 g/mol. The predicted molar refractivity (Wildman–Crippen MR) is 103 cm³/mol. The van der Waals surface area contributed by atoms with Gasteiger partial charge in [0, 0.05) is 30.7 Å². The first-order valence-electron chi connectivity index (χ1n) is 9.12. The van der Waals surface area contributed by atoms with Gasteiger partial charge in [-0.2, -0.15) is 0 Å². The molecule has 4 heteroatoms. The number of anilines is 1. The van der Waals surface area contributed by atoms with Crippen molar-refractivity contribution in [1.82, 2.24) is 4.90 Å². The van der Waals surface area contributed by atoms with Crippen LogP contribution in [0.4, 0.5) is 10.5 Å². The number of carbonyl (C=O) groups is 1. The van der Waals surface area contributed by atoms with Crippen molar-refractivity contribution >= 4 is 22.6 Å². The molecular weight excluding hydrogens is 312 g/mol. The number of rotatable bonds is 3. The van der Waals surface area contributed by atoms with Gasteiger partial charge in [-0.3, -0.25) is 0 Å². The molecule has 0 aliphatic carbocycles. The van der Waals surface area contributed by atoms with Gasteiger partial charge in [0.25, 0.3) is 0 Å². The second-order valence-corrected chi connectivity index (χ2v) is 7.84. The fourth-order valence-electron chi connectivity index (χ4n) is 3.36. The number of hydrogen-bond acceptors (Lipinski definition) is 3. The van der Waals surface area contributed by atoms with Crippen LogP contribution in [-0.4, -0.2) is 36.2 Å². The SMILES string of the molecule is CC(C)(C)OC(=O)N1CCCC(CNc2cccc3ccccc23)C1. The summed E-state index contributed by atoms with van der Waals surface area (Å²) < 4.78 is 5.51. The molecule has 0 saturated carbocycles. The van der Waals surface area contributed by atoms with E-state index in [1.807, 2.05) is 25.7 Å². The maximum absolute atomic E-state index is 12.3. The van der Waals surface area contributed by atoms with Crippen LogP contribution in [0.1, 0.15) is 33.6 Å². The second-order valence-electron chi connectivity index (χ2n) is 7.84. The van der Waals surface area contributed by atoms with Crippen molar-refractivity contribution in [2.24, 2.45) is 5.92 Å². The second kappa shape index (κ2) is 7.34. The highest BCUT2D eigenvalue weighted by atomic mass is 16.6.